The summed E-state index contributed by atoms with van der Waals surface area (Å²) in [6.45, 7) is 1.67. The average molecular weight is 338 g/mol. The van der Waals surface area contributed by atoms with Gasteiger partial charge in [-0.15, -0.1) is 0 Å². The quantitative estimate of drug-likeness (QED) is 0.878. The zero-order valence-corrected chi connectivity index (χ0v) is 14.1. The van der Waals surface area contributed by atoms with Crippen LogP contribution in [0.5, 0.6) is 5.75 Å². The Balaban J connectivity index is 1.37. The minimum Gasteiger partial charge on any atom is -0.484 e. The molecule has 0 fully saturated rings. The summed E-state index contributed by atoms with van der Waals surface area (Å²) in [4.78, 5) is 25.9. The van der Waals surface area contributed by atoms with Gasteiger partial charge in [0.2, 0.25) is 5.91 Å². The Morgan fingerprint density at radius 2 is 1.72 bits per heavy atom. The summed E-state index contributed by atoms with van der Waals surface area (Å²) in [5.41, 5.74) is 2.53. The Hall–Kier alpha value is -2.82. The molecule has 1 aliphatic rings. The lowest BCUT2D eigenvalue weighted by Gasteiger charge is -2.29. The molecule has 5 heteroatoms. The summed E-state index contributed by atoms with van der Waals surface area (Å²) in [5, 5.41) is 2.73. The molecule has 2 aromatic rings. The van der Waals surface area contributed by atoms with Crippen LogP contribution >= 0.6 is 0 Å². The third-order valence-corrected chi connectivity index (χ3v) is 4.26. The van der Waals surface area contributed by atoms with E-state index in [2.05, 4.69) is 17.4 Å². The molecule has 0 saturated carbocycles. The second kappa shape index (κ2) is 8.33. The van der Waals surface area contributed by atoms with Crippen LogP contribution in [0, 0.1) is 0 Å². The molecule has 1 heterocycles. The third-order valence-electron chi connectivity index (χ3n) is 4.26. The summed E-state index contributed by atoms with van der Waals surface area (Å²) < 4.78 is 5.37. The van der Waals surface area contributed by atoms with Crippen molar-refractivity contribution in [2.45, 2.75) is 19.4 Å². The number of ether oxygens (including phenoxy) is 1. The molecule has 0 radical (unpaired) electrons. The molecule has 0 saturated heterocycles. The molecule has 0 atom stereocenters. The van der Waals surface area contributed by atoms with E-state index in [-0.39, 0.29) is 18.4 Å². The predicted molar refractivity (Wildman–Crippen MR) is 95.1 cm³/mol. The smallest absolute Gasteiger partial charge is 0.257 e. The molecule has 3 rings (SSSR count). The van der Waals surface area contributed by atoms with E-state index in [4.69, 9.17) is 4.74 Å². The zero-order valence-electron chi connectivity index (χ0n) is 14.1. The van der Waals surface area contributed by atoms with Crippen molar-refractivity contribution >= 4 is 11.8 Å². The van der Waals surface area contributed by atoms with Crippen LogP contribution in [0.2, 0.25) is 0 Å². The van der Waals surface area contributed by atoms with Crippen LogP contribution < -0.4 is 10.1 Å². The molecule has 2 aromatic carbocycles. The highest BCUT2D eigenvalue weighted by atomic mass is 16.5. The Kier molecular flexibility index (Phi) is 5.67. The van der Waals surface area contributed by atoms with E-state index in [1.54, 1.807) is 12.1 Å². The first kappa shape index (κ1) is 17.0. The van der Waals surface area contributed by atoms with Crippen LogP contribution in [0.4, 0.5) is 0 Å². The maximum Gasteiger partial charge on any atom is 0.257 e. The average Bonchev–Trinajstić information content (AvgIpc) is 2.66. The molecule has 0 unspecified atom stereocenters. The van der Waals surface area contributed by atoms with Gasteiger partial charge in [0.25, 0.3) is 5.91 Å². The van der Waals surface area contributed by atoms with E-state index in [1.165, 1.54) is 11.1 Å². The van der Waals surface area contributed by atoms with E-state index in [9.17, 15) is 9.59 Å². The minimum absolute atomic E-state index is 0.0463. The maximum absolute atomic E-state index is 12.3. The van der Waals surface area contributed by atoms with Crippen LogP contribution in [-0.4, -0.2) is 36.4 Å². The molecule has 2 amide bonds. The first-order valence-electron chi connectivity index (χ1n) is 8.51. The lowest BCUT2D eigenvalue weighted by atomic mass is 10.00. The van der Waals surface area contributed by atoms with Crippen molar-refractivity contribution < 1.29 is 14.3 Å². The fourth-order valence-electron chi connectivity index (χ4n) is 2.89. The normalized spacial score (nSPS) is 13.0. The summed E-state index contributed by atoms with van der Waals surface area (Å²) in [6.07, 6.45) is 1.19. The molecule has 130 valence electrons. The van der Waals surface area contributed by atoms with Crippen molar-refractivity contribution in [3.05, 3.63) is 65.7 Å². The summed E-state index contributed by atoms with van der Waals surface area (Å²) in [5.74, 6) is 0.500. The highest BCUT2D eigenvalue weighted by Gasteiger charge is 2.19. The van der Waals surface area contributed by atoms with Crippen molar-refractivity contribution in [1.29, 1.82) is 0 Å². The van der Waals surface area contributed by atoms with Gasteiger partial charge in [0.05, 0.1) is 0 Å². The molecule has 25 heavy (non-hydrogen) atoms. The number of nitrogens with one attached hydrogen (secondary N) is 1. The first-order chi connectivity index (χ1) is 12.2. The Morgan fingerprint density at radius 3 is 2.52 bits per heavy atom. The Bertz CT molecular complexity index is 731. The van der Waals surface area contributed by atoms with Crippen molar-refractivity contribution in [2.75, 3.05) is 19.7 Å². The first-order valence-corrected chi connectivity index (χ1v) is 8.51. The van der Waals surface area contributed by atoms with Gasteiger partial charge in [0, 0.05) is 26.1 Å². The number of carbonyl (C=O) groups is 2. The number of hydrogen-bond donors (Lipinski definition) is 1. The molecule has 5 nitrogen and oxygen atoms in total. The molecular weight excluding hydrogens is 316 g/mol. The monoisotopic (exact) mass is 338 g/mol. The van der Waals surface area contributed by atoms with Gasteiger partial charge >= 0.3 is 0 Å². The number of nitrogens with zero attached hydrogens (tertiary/aromatic N) is 1. The molecule has 1 aliphatic heterocycles. The summed E-state index contributed by atoms with van der Waals surface area (Å²) >= 11 is 0. The highest BCUT2D eigenvalue weighted by Crippen LogP contribution is 2.18. The number of para-hydroxylation sites is 1. The predicted octanol–water partition coefficient (Wildman–Crippen LogP) is 2.16. The van der Waals surface area contributed by atoms with Crippen LogP contribution in [0.1, 0.15) is 17.5 Å². The number of carbonyl (C=O) groups excluding carboxylic acids is 2. The fraction of sp³-hybridized carbons (Fsp3) is 0.300. The molecule has 0 aliphatic carbocycles. The SMILES string of the molecule is O=C(COc1ccccc1)NCCC(=O)N1CCc2ccccc2C1. The van der Waals surface area contributed by atoms with Gasteiger partial charge in [-0.05, 0) is 29.7 Å². The fourth-order valence-corrected chi connectivity index (χ4v) is 2.89. The standard InChI is InChI=1S/C20H22N2O3/c23-19(15-25-18-8-2-1-3-9-18)21-12-10-20(24)22-13-11-16-6-4-5-7-17(16)14-22/h1-9H,10-15H2,(H,21,23). The van der Waals surface area contributed by atoms with Gasteiger partial charge in [-0.3, -0.25) is 9.59 Å². The molecule has 0 spiro atoms. The largest absolute Gasteiger partial charge is 0.484 e. The van der Waals surface area contributed by atoms with Gasteiger partial charge in [-0.2, -0.15) is 0 Å². The molecule has 0 bridgehead atoms. The number of fused-ring (bicyclic) bond motifs is 1. The van der Waals surface area contributed by atoms with Crippen molar-refractivity contribution in [1.82, 2.24) is 10.2 Å². The van der Waals surface area contributed by atoms with Crippen LogP contribution in [-0.2, 0) is 22.6 Å². The maximum atomic E-state index is 12.3. The van der Waals surface area contributed by atoms with E-state index in [1.807, 2.05) is 35.2 Å². The van der Waals surface area contributed by atoms with Crippen LogP contribution in [0.25, 0.3) is 0 Å². The summed E-state index contributed by atoms with van der Waals surface area (Å²) in [6, 6.07) is 17.4. The lowest BCUT2D eigenvalue weighted by molar-refractivity contribution is -0.132. The van der Waals surface area contributed by atoms with Gasteiger partial charge in [-0.25, -0.2) is 0 Å². The molecular formula is C20H22N2O3. The molecule has 1 N–H and O–H groups in total. The van der Waals surface area contributed by atoms with E-state index >= 15 is 0 Å². The van der Waals surface area contributed by atoms with Crippen molar-refractivity contribution in [3.8, 4) is 5.75 Å². The minimum atomic E-state index is -0.222. The second-order valence-corrected chi connectivity index (χ2v) is 6.04. The Morgan fingerprint density at radius 1 is 1.00 bits per heavy atom. The van der Waals surface area contributed by atoms with Crippen molar-refractivity contribution in [3.63, 3.8) is 0 Å². The summed E-state index contributed by atoms with van der Waals surface area (Å²) in [7, 11) is 0. The zero-order chi connectivity index (χ0) is 17.5. The second-order valence-electron chi connectivity index (χ2n) is 6.04. The van der Waals surface area contributed by atoms with Crippen LogP contribution in [0.15, 0.2) is 54.6 Å². The Labute approximate surface area is 147 Å². The van der Waals surface area contributed by atoms with Gasteiger partial charge < -0.3 is 15.0 Å². The number of amides is 2. The topological polar surface area (TPSA) is 58.6 Å². The third kappa shape index (κ3) is 4.83. The van der Waals surface area contributed by atoms with Gasteiger partial charge in [-0.1, -0.05) is 42.5 Å². The van der Waals surface area contributed by atoms with E-state index in [0.717, 1.165) is 13.0 Å². The van der Waals surface area contributed by atoms with Crippen molar-refractivity contribution in [2.24, 2.45) is 0 Å². The van der Waals surface area contributed by atoms with E-state index in [0.29, 0.717) is 25.3 Å². The number of hydrogen-bond acceptors (Lipinski definition) is 3. The lowest BCUT2D eigenvalue weighted by Crippen LogP contribution is -2.38. The van der Waals surface area contributed by atoms with Gasteiger partial charge in [0.1, 0.15) is 5.75 Å². The highest BCUT2D eigenvalue weighted by molar-refractivity contribution is 5.80. The molecule has 0 aromatic heterocycles. The van der Waals surface area contributed by atoms with Gasteiger partial charge in [0.15, 0.2) is 6.61 Å². The van der Waals surface area contributed by atoms with E-state index < -0.39 is 0 Å². The number of rotatable bonds is 6. The van der Waals surface area contributed by atoms with Crippen LogP contribution in [0.3, 0.4) is 0 Å². The number of benzene rings is 2.